The van der Waals surface area contributed by atoms with Crippen LogP contribution in [0.3, 0.4) is 0 Å². The van der Waals surface area contributed by atoms with Gasteiger partial charge in [0.05, 0.1) is 6.04 Å². The minimum Gasteiger partial charge on any atom is -0.354 e. The van der Waals surface area contributed by atoms with Gasteiger partial charge >= 0.3 is 0 Å². The lowest BCUT2D eigenvalue weighted by Crippen LogP contribution is -2.44. The Morgan fingerprint density at radius 2 is 2.24 bits per heavy atom. The molecule has 1 aliphatic carbocycles. The molecular weight excluding hydrogens is 218 g/mol. The number of carbonyl (C=O) groups is 2. The number of rotatable bonds is 2. The Hall–Kier alpha value is -1.10. The summed E-state index contributed by atoms with van der Waals surface area (Å²) in [6.07, 6.45) is 3.06. The second kappa shape index (κ2) is 5.04. The highest BCUT2D eigenvalue weighted by Gasteiger charge is 2.31. The number of nitrogens with one attached hydrogen (secondary N) is 2. The summed E-state index contributed by atoms with van der Waals surface area (Å²) in [5.74, 6) is 0.586. The van der Waals surface area contributed by atoms with Crippen LogP contribution in [0.25, 0.3) is 0 Å². The molecule has 2 aliphatic rings. The van der Waals surface area contributed by atoms with Crippen LogP contribution in [0.2, 0.25) is 0 Å². The minimum atomic E-state index is -0.0269. The van der Waals surface area contributed by atoms with E-state index in [1.165, 1.54) is 0 Å². The van der Waals surface area contributed by atoms with Crippen LogP contribution in [0.1, 0.15) is 32.6 Å². The molecule has 0 aromatic carbocycles. The topological polar surface area (TPSA) is 84.2 Å². The van der Waals surface area contributed by atoms with E-state index in [1.54, 1.807) is 0 Å². The highest BCUT2D eigenvalue weighted by Crippen LogP contribution is 2.28. The van der Waals surface area contributed by atoms with E-state index in [4.69, 9.17) is 5.73 Å². The molecule has 17 heavy (non-hydrogen) atoms. The fourth-order valence-electron chi connectivity index (χ4n) is 2.68. The van der Waals surface area contributed by atoms with E-state index in [1.807, 2.05) is 0 Å². The van der Waals surface area contributed by atoms with Gasteiger partial charge in [-0.05, 0) is 25.2 Å². The Bertz CT molecular complexity index is 319. The van der Waals surface area contributed by atoms with Gasteiger partial charge in [0.1, 0.15) is 0 Å². The van der Waals surface area contributed by atoms with Crippen LogP contribution >= 0.6 is 0 Å². The maximum Gasteiger partial charge on any atom is 0.223 e. The summed E-state index contributed by atoms with van der Waals surface area (Å²) in [7, 11) is 0. The largest absolute Gasteiger partial charge is 0.354 e. The summed E-state index contributed by atoms with van der Waals surface area (Å²) in [5.41, 5.74) is 5.94. The predicted octanol–water partition coefficient (Wildman–Crippen LogP) is -0.245. The number of amides is 2. The quantitative estimate of drug-likeness (QED) is 0.621. The van der Waals surface area contributed by atoms with Gasteiger partial charge in [0.2, 0.25) is 11.8 Å². The average Bonchev–Trinajstić information content (AvgIpc) is 2.68. The van der Waals surface area contributed by atoms with Gasteiger partial charge in [-0.25, -0.2) is 0 Å². The van der Waals surface area contributed by atoms with Crippen molar-refractivity contribution in [1.29, 1.82) is 0 Å². The first-order chi connectivity index (χ1) is 8.06. The van der Waals surface area contributed by atoms with Gasteiger partial charge < -0.3 is 16.4 Å². The van der Waals surface area contributed by atoms with E-state index in [0.717, 1.165) is 19.3 Å². The van der Waals surface area contributed by atoms with Crippen molar-refractivity contribution in [2.75, 3.05) is 6.54 Å². The van der Waals surface area contributed by atoms with Gasteiger partial charge in [-0.3, -0.25) is 9.59 Å². The highest BCUT2D eigenvalue weighted by molar-refractivity contribution is 5.83. The predicted molar refractivity (Wildman–Crippen MR) is 64.0 cm³/mol. The van der Waals surface area contributed by atoms with Crippen LogP contribution in [0.4, 0.5) is 0 Å². The lowest BCUT2D eigenvalue weighted by atomic mass is 9.79. The van der Waals surface area contributed by atoms with Gasteiger partial charge in [-0.1, -0.05) is 6.92 Å². The SMILES string of the molecule is CC1CC(C(=O)NC2CNC(=O)C2)CCC1N. The third-order valence-electron chi connectivity index (χ3n) is 3.93. The van der Waals surface area contributed by atoms with E-state index >= 15 is 0 Å². The molecule has 0 spiro atoms. The monoisotopic (exact) mass is 239 g/mol. The molecule has 0 aromatic heterocycles. The van der Waals surface area contributed by atoms with Crippen LogP contribution in [0.15, 0.2) is 0 Å². The zero-order valence-electron chi connectivity index (χ0n) is 10.2. The third-order valence-corrected chi connectivity index (χ3v) is 3.93. The first-order valence-corrected chi connectivity index (χ1v) is 6.39. The van der Waals surface area contributed by atoms with Gasteiger partial charge in [0.15, 0.2) is 0 Å². The average molecular weight is 239 g/mol. The van der Waals surface area contributed by atoms with Gasteiger partial charge in [-0.2, -0.15) is 0 Å². The fraction of sp³-hybridized carbons (Fsp3) is 0.833. The van der Waals surface area contributed by atoms with Crippen molar-refractivity contribution in [2.45, 2.75) is 44.7 Å². The maximum atomic E-state index is 12.0. The van der Waals surface area contributed by atoms with Crippen LogP contribution in [0.5, 0.6) is 0 Å². The molecule has 1 aliphatic heterocycles. The molecule has 4 N–H and O–H groups in total. The van der Waals surface area contributed by atoms with Crippen LogP contribution in [-0.2, 0) is 9.59 Å². The molecule has 96 valence electrons. The standard InChI is InChI=1S/C12H21N3O2/c1-7-4-8(2-3-10(7)13)12(17)15-9-5-11(16)14-6-9/h7-10H,2-6,13H2,1H3,(H,14,16)(H,15,17). The summed E-state index contributed by atoms with van der Waals surface area (Å²) in [6, 6.07) is 0.203. The Balaban J connectivity index is 1.82. The van der Waals surface area contributed by atoms with Crippen molar-refractivity contribution in [3.8, 4) is 0 Å². The normalized spacial score (nSPS) is 37.6. The fourth-order valence-corrected chi connectivity index (χ4v) is 2.68. The van der Waals surface area contributed by atoms with Crippen molar-refractivity contribution >= 4 is 11.8 Å². The van der Waals surface area contributed by atoms with Crippen molar-refractivity contribution < 1.29 is 9.59 Å². The maximum absolute atomic E-state index is 12.0. The summed E-state index contributed by atoms with van der Waals surface area (Å²) in [4.78, 5) is 23.0. The van der Waals surface area contributed by atoms with Crippen molar-refractivity contribution in [2.24, 2.45) is 17.6 Å². The molecule has 1 saturated heterocycles. The first-order valence-electron chi connectivity index (χ1n) is 6.39. The van der Waals surface area contributed by atoms with E-state index in [0.29, 0.717) is 18.9 Å². The molecule has 0 radical (unpaired) electrons. The van der Waals surface area contributed by atoms with E-state index in [-0.39, 0.29) is 29.8 Å². The van der Waals surface area contributed by atoms with Crippen LogP contribution in [-0.4, -0.2) is 30.4 Å². The van der Waals surface area contributed by atoms with Gasteiger partial charge in [0, 0.05) is 24.9 Å². The smallest absolute Gasteiger partial charge is 0.223 e. The number of carbonyl (C=O) groups excluding carboxylic acids is 2. The summed E-state index contributed by atoms with van der Waals surface area (Å²) in [6.45, 7) is 2.66. The summed E-state index contributed by atoms with van der Waals surface area (Å²) in [5, 5.41) is 5.67. The molecule has 1 saturated carbocycles. The van der Waals surface area contributed by atoms with E-state index in [9.17, 15) is 9.59 Å². The van der Waals surface area contributed by atoms with Crippen molar-refractivity contribution in [3.63, 3.8) is 0 Å². The van der Waals surface area contributed by atoms with Gasteiger partial charge in [0.25, 0.3) is 0 Å². The lowest BCUT2D eigenvalue weighted by molar-refractivity contribution is -0.127. The molecule has 5 heteroatoms. The molecule has 2 rings (SSSR count). The minimum absolute atomic E-state index is 0.0225. The summed E-state index contributed by atoms with van der Waals surface area (Å²) >= 11 is 0. The molecule has 4 unspecified atom stereocenters. The molecule has 5 nitrogen and oxygen atoms in total. The number of hydrogen-bond donors (Lipinski definition) is 3. The second-order valence-corrected chi connectivity index (χ2v) is 5.36. The molecule has 2 fully saturated rings. The Kier molecular flexibility index (Phi) is 3.66. The highest BCUT2D eigenvalue weighted by atomic mass is 16.2. The Labute approximate surface area is 102 Å². The molecular formula is C12H21N3O2. The zero-order valence-corrected chi connectivity index (χ0v) is 10.2. The molecule has 1 heterocycles. The van der Waals surface area contributed by atoms with Crippen LogP contribution < -0.4 is 16.4 Å². The summed E-state index contributed by atoms with van der Waals surface area (Å²) < 4.78 is 0. The van der Waals surface area contributed by atoms with Crippen molar-refractivity contribution in [1.82, 2.24) is 10.6 Å². The Morgan fingerprint density at radius 3 is 2.82 bits per heavy atom. The van der Waals surface area contributed by atoms with Crippen LogP contribution in [0, 0.1) is 11.8 Å². The second-order valence-electron chi connectivity index (χ2n) is 5.36. The Morgan fingerprint density at radius 1 is 1.47 bits per heavy atom. The van der Waals surface area contributed by atoms with Gasteiger partial charge in [-0.15, -0.1) is 0 Å². The first kappa shape index (κ1) is 12.4. The zero-order chi connectivity index (χ0) is 12.4. The van der Waals surface area contributed by atoms with E-state index < -0.39 is 0 Å². The van der Waals surface area contributed by atoms with Crippen molar-refractivity contribution in [3.05, 3.63) is 0 Å². The molecule has 0 bridgehead atoms. The lowest BCUT2D eigenvalue weighted by Gasteiger charge is -2.31. The molecule has 4 atom stereocenters. The number of nitrogens with two attached hydrogens (primary N) is 1. The third kappa shape index (κ3) is 2.97. The number of hydrogen-bond acceptors (Lipinski definition) is 3. The molecule has 0 aromatic rings. The molecule has 2 amide bonds. The van der Waals surface area contributed by atoms with E-state index in [2.05, 4.69) is 17.6 Å².